The molecule has 0 spiro atoms. The van der Waals surface area contributed by atoms with E-state index in [-0.39, 0.29) is 11.5 Å². The Bertz CT molecular complexity index is 937. The summed E-state index contributed by atoms with van der Waals surface area (Å²) < 4.78 is 69.2. The lowest BCUT2D eigenvalue weighted by atomic mass is 10.0. The number of carbonyl (C=O) groups is 1. The fourth-order valence-electron chi connectivity index (χ4n) is 2.60. The second-order valence-electron chi connectivity index (χ2n) is 5.58. The van der Waals surface area contributed by atoms with Crippen LogP contribution in [0.15, 0.2) is 36.4 Å². The van der Waals surface area contributed by atoms with Crippen molar-refractivity contribution in [1.82, 2.24) is 4.90 Å². The van der Waals surface area contributed by atoms with E-state index >= 15 is 0 Å². The Balaban J connectivity index is 1.99. The van der Waals surface area contributed by atoms with Gasteiger partial charge in [0, 0.05) is 18.7 Å². The van der Waals surface area contributed by atoms with E-state index in [1.54, 1.807) is 17.0 Å². The highest BCUT2D eigenvalue weighted by Gasteiger charge is 2.48. The molecule has 1 amide bonds. The number of hydrogen-bond donors (Lipinski definition) is 0. The van der Waals surface area contributed by atoms with E-state index in [1.807, 2.05) is 0 Å². The first-order chi connectivity index (χ1) is 12.2. The molecule has 3 rings (SSSR count). The van der Waals surface area contributed by atoms with E-state index < -0.39 is 21.4 Å². The molecule has 0 unspecified atom stereocenters. The van der Waals surface area contributed by atoms with E-state index in [1.165, 1.54) is 12.1 Å². The second kappa shape index (κ2) is 6.76. The molecular formula is C16H14F3NO5S. The molecule has 2 aromatic carbocycles. The van der Waals surface area contributed by atoms with Gasteiger partial charge >= 0.3 is 15.6 Å². The first-order valence-corrected chi connectivity index (χ1v) is 9.00. The van der Waals surface area contributed by atoms with Crippen LogP contribution in [-0.2, 0) is 14.9 Å². The molecule has 1 aliphatic heterocycles. The predicted molar refractivity (Wildman–Crippen MR) is 86.3 cm³/mol. The number of halogens is 3. The van der Waals surface area contributed by atoms with Crippen LogP contribution in [0.1, 0.15) is 10.4 Å². The van der Waals surface area contributed by atoms with Crippen LogP contribution in [0.4, 0.5) is 13.2 Å². The van der Waals surface area contributed by atoms with Gasteiger partial charge in [0.15, 0.2) is 0 Å². The first-order valence-electron chi connectivity index (χ1n) is 7.59. The van der Waals surface area contributed by atoms with Gasteiger partial charge in [0.2, 0.25) is 0 Å². The number of morpholine rings is 1. The lowest BCUT2D eigenvalue weighted by Crippen LogP contribution is -2.40. The van der Waals surface area contributed by atoms with Crippen LogP contribution in [0.2, 0.25) is 0 Å². The van der Waals surface area contributed by atoms with Crippen molar-refractivity contribution in [2.24, 2.45) is 0 Å². The molecule has 0 radical (unpaired) electrons. The number of benzene rings is 2. The van der Waals surface area contributed by atoms with Crippen molar-refractivity contribution in [1.29, 1.82) is 0 Å². The van der Waals surface area contributed by atoms with Crippen LogP contribution in [-0.4, -0.2) is 51.0 Å². The molecule has 1 heterocycles. The van der Waals surface area contributed by atoms with Crippen molar-refractivity contribution in [3.8, 4) is 5.75 Å². The zero-order valence-corrected chi connectivity index (χ0v) is 14.1. The molecule has 2 aromatic rings. The zero-order chi connectivity index (χ0) is 18.9. The van der Waals surface area contributed by atoms with Crippen LogP contribution in [0.25, 0.3) is 10.8 Å². The first kappa shape index (κ1) is 18.5. The summed E-state index contributed by atoms with van der Waals surface area (Å²) >= 11 is 0. The lowest BCUT2D eigenvalue weighted by Gasteiger charge is -2.27. The summed E-state index contributed by atoms with van der Waals surface area (Å²) in [7, 11) is -5.78. The average Bonchev–Trinajstić information content (AvgIpc) is 2.60. The molecule has 1 aliphatic rings. The fourth-order valence-corrected chi connectivity index (χ4v) is 3.05. The molecule has 0 aliphatic carbocycles. The van der Waals surface area contributed by atoms with Gasteiger partial charge in [-0.15, -0.1) is 0 Å². The Labute approximate surface area is 147 Å². The highest BCUT2D eigenvalue weighted by molar-refractivity contribution is 7.88. The normalized spacial score (nSPS) is 15.9. The molecule has 0 atom stereocenters. The Kier molecular flexibility index (Phi) is 4.80. The number of hydrogen-bond acceptors (Lipinski definition) is 5. The van der Waals surface area contributed by atoms with Crippen molar-refractivity contribution < 1.29 is 35.3 Å². The second-order valence-corrected chi connectivity index (χ2v) is 7.11. The number of fused-ring (bicyclic) bond motifs is 1. The van der Waals surface area contributed by atoms with Crippen molar-refractivity contribution in [3.63, 3.8) is 0 Å². The zero-order valence-electron chi connectivity index (χ0n) is 13.3. The van der Waals surface area contributed by atoms with E-state index in [9.17, 15) is 26.4 Å². The number of ether oxygens (including phenoxy) is 1. The van der Waals surface area contributed by atoms with Crippen molar-refractivity contribution in [3.05, 3.63) is 42.0 Å². The minimum Gasteiger partial charge on any atom is -0.378 e. The molecule has 6 nitrogen and oxygen atoms in total. The molecule has 0 bridgehead atoms. The SMILES string of the molecule is O=C(c1cccc2ccc(OS(=O)(=O)C(F)(F)F)cc12)N1CCOCC1. The molecule has 140 valence electrons. The maximum Gasteiger partial charge on any atom is 0.534 e. The topological polar surface area (TPSA) is 72.9 Å². The highest BCUT2D eigenvalue weighted by Crippen LogP contribution is 2.30. The molecule has 10 heteroatoms. The molecule has 0 aromatic heterocycles. The molecule has 26 heavy (non-hydrogen) atoms. The van der Waals surface area contributed by atoms with E-state index in [0.717, 1.165) is 12.1 Å². The Morgan fingerprint density at radius 2 is 1.81 bits per heavy atom. The van der Waals surface area contributed by atoms with Gasteiger partial charge in [0.05, 0.1) is 13.2 Å². The van der Waals surface area contributed by atoms with Crippen LogP contribution in [0.5, 0.6) is 5.75 Å². The minimum absolute atomic E-state index is 0.249. The summed E-state index contributed by atoms with van der Waals surface area (Å²) in [6, 6.07) is 8.45. The maximum atomic E-state index is 12.7. The van der Waals surface area contributed by atoms with Gasteiger partial charge in [-0.05, 0) is 29.0 Å². The molecule has 0 N–H and O–H groups in total. The quantitative estimate of drug-likeness (QED) is 0.596. The highest BCUT2D eigenvalue weighted by atomic mass is 32.2. The molecular weight excluding hydrogens is 375 g/mol. The van der Waals surface area contributed by atoms with Gasteiger partial charge in [-0.3, -0.25) is 4.79 Å². The minimum atomic E-state index is -5.78. The Morgan fingerprint density at radius 3 is 2.46 bits per heavy atom. The number of amides is 1. The smallest absolute Gasteiger partial charge is 0.378 e. The average molecular weight is 389 g/mol. The van der Waals surface area contributed by atoms with Crippen LogP contribution < -0.4 is 4.18 Å². The van der Waals surface area contributed by atoms with Crippen LogP contribution >= 0.6 is 0 Å². The third kappa shape index (κ3) is 3.61. The lowest BCUT2D eigenvalue weighted by molar-refractivity contribution is -0.0500. The molecule has 1 fully saturated rings. The Morgan fingerprint density at radius 1 is 1.12 bits per heavy atom. The van der Waals surface area contributed by atoms with Gasteiger partial charge < -0.3 is 13.8 Å². The standard InChI is InChI=1S/C16H14F3NO5S/c17-16(18,19)26(22,23)25-12-5-4-11-2-1-3-13(14(11)10-12)15(21)20-6-8-24-9-7-20/h1-5,10H,6-9H2. The molecule has 0 saturated carbocycles. The summed E-state index contributed by atoms with van der Waals surface area (Å²) in [5.41, 5.74) is -5.29. The van der Waals surface area contributed by atoms with E-state index in [0.29, 0.717) is 37.1 Å². The van der Waals surface area contributed by atoms with Crippen LogP contribution in [0.3, 0.4) is 0 Å². The summed E-state index contributed by atoms with van der Waals surface area (Å²) in [5, 5.41) is 0.875. The summed E-state index contributed by atoms with van der Waals surface area (Å²) in [6.07, 6.45) is 0. The predicted octanol–water partition coefficient (Wildman–Crippen LogP) is 2.54. The van der Waals surface area contributed by atoms with Crippen molar-refractivity contribution in [2.45, 2.75) is 5.51 Å². The fraction of sp³-hybridized carbons (Fsp3) is 0.312. The molecule has 1 saturated heterocycles. The number of alkyl halides is 3. The van der Waals surface area contributed by atoms with Gasteiger partial charge in [-0.1, -0.05) is 18.2 Å². The number of nitrogens with zero attached hydrogens (tertiary/aromatic N) is 1. The van der Waals surface area contributed by atoms with Gasteiger partial charge in [-0.2, -0.15) is 21.6 Å². The van der Waals surface area contributed by atoms with Crippen molar-refractivity contribution >= 4 is 26.8 Å². The summed E-state index contributed by atoms with van der Waals surface area (Å²) in [5.74, 6) is -0.827. The monoisotopic (exact) mass is 389 g/mol. The van der Waals surface area contributed by atoms with E-state index in [4.69, 9.17) is 4.74 Å². The summed E-state index contributed by atoms with van der Waals surface area (Å²) in [6.45, 7) is 1.59. The summed E-state index contributed by atoms with van der Waals surface area (Å²) in [4.78, 5) is 14.3. The van der Waals surface area contributed by atoms with Gasteiger partial charge in [-0.25, -0.2) is 0 Å². The van der Waals surface area contributed by atoms with Gasteiger partial charge in [0.25, 0.3) is 5.91 Å². The maximum absolute atomic E-state index is 12.7. The third-order valence-electron chi connectivity index (χ3n) is 3.87. The Hall–Kier alpha value is -2.33. The van der Waals surface area contributed by atoms with Gasteiger partial charge in [0.1, 0.15) is 5.75 Å². The third-order valence-corrected chi connectivity index (χ3v) is 4.85. The number of carbonyl (C=O) groups excluding carboxylic acids is 1. The van der Waals surface area contributed by atoms with Crippen molar-refractivity contribution in [2.75, 3.05) is 26.3 Å². The van der Waals surface area contributed by atoms with Crippen LogP contribution in [0, 0.1) is 0 Å². The largest absolute Gasteiger partial charge is 0.534 e. The number of rotatable bonds is 3. The van der Waals surface area contributed by atoms with E-state index in [2.05, 4.69) is 4.18 Å².